The minimum absolute atomic E-state index is 0.381. The van der Waals surface area contributed by atoms with Gasteiger partial charge in [0.2, 0.25) is 0 Å². The number of fused-ring (bicyclic) bond motifs is 1. The third-order valence-electron chi connectivity index (χ3n) is 3.20. The first-order chi connectivity index (χ1) is 9.78. The molecule has 1 atom stereocenters. The van der Waals surface area contributed by atoms with Gasteiger partial charge >= 0.3 is 0 Å². The van der Waals surface area contributed by atoms with E-state index >= 15 is 0 Å². The lowest BCUT2D eigenvalue weighted by Gasteiger charge is -2.12. The smallest absolute Gasteiger partial charge is 0.198 e. The Bertz CT molecular complexity index is 690. The SMILES string of the molecule is CSc1ccccc1C(O)Cc1nc2ccccc2o1. The van der Waals surface area contributed by atoms with Crippen molar-refractivity contribution in [1.29, 1.82) is 0 Å². The van der Waals surface area contributed by atoms with Crippen LogP contribution in [0.4, 0.5) is 0 Å². The van der Waals surface area contributed by atoms with E-state index in [1.54, 1.807) is 11.8 Å². The third-order valence-corrected chi connectivity index (χ3v) is 4.02. The van der Waals surface area contributed by atoms with E-state index in [2.05, 4.69) is 4.98 Å². The van der Waals surface area contributed by atoms with Crippen LogP contribution in [0.3, 0.4) is 0 Å². The second kappa shape index (κ2) is 5.69. The molecule has 102 valence electrons. The molecule has 3 aromatic rings. The van der Waals surface area contributed by atoms with Gasteiger partial charge in [-0.25, -0.2) is 4.98 Å². The molecule has 0 aliphatic carbocycles. The maximum absolute atomic E-state index is 10.4. The van der Waals surface area contributed by atoms with Crippen molar-refractivity contribution in [2.75, 3.05) is 6.26 Å². The van der Waals surface area contributed by atoms with Crippen LogP contribution in [-0.2, 0) is 6.42 Å². The molecule has 0 amide bonds. The number of oxazole rings is 1. The summed E-state index contributed by atoms with van der Waals surface area (Å²) < 4.78 is 5.66. The molecule has 0 bridgehead atoms. The van der Waals surface area contributed by atoms with Crippen LogP contribution in [0.5, 0.6) is 0 Å². The van der Waals surface area contributed by atoms with E-state index in [1.165, 1.54) is 0 Å². The number of rotatable bonds is 4. The topological polar surface area (TPSA) is 46.3 Å². The maximum Gasteiger partial charge on any atom is 0.198 e. The fraction of sp³-hybridized carbons (Fsp3) is 0.188. The first-order valence-electron chi connectivity index (χ1n) is 6.43. The minimum Gasteiger partial charge on any atom is -0.441 e. The molecule has 1 heterocycles. The minimum atomic E-state index is -0.605. The van der Waals surface area contributed by atoms with Crippen molar-refractivity contribution in [3.8, 4) is 0 Å². The monoisotopic (exact) mass is 285 g/mol. The number of nitrogens with zero attached hydrogens (tertiary/aromatic N) is 1. The number of thioether (sulfide) groups is 1. The van der Waals surface area contributed by atoms with Crippen LogP contribution >= 0.6 is 11.8 Å². The van der Waals surface area contributed by atoms with Crippen molar-refractivity contribution in [2.45, 2.75) is 17.4 Å². The number of para-hydroxylation sites is 2. The molecule has 1 N–H and O–H groups in total. The highest BCUT2D eigenvalue weighted by atomic mass is 32.2. The molecule has 20 heavy (non-hydrogen) atoms. The summed E-state index contributed by atoms with van der Waals surface area (Å²) >= 11 is 1.63. The highest BCUT2D eigenvalue weighted by molar-refractivity contribution is 7.98. The molecule has 0 aliphatic heterocycles. The molecular weight excluding hydrogens is 270 g/mol. The van der Waals surface area contributed by atoms with E-state index in [9.17, 15) is 5.11 Å². The Hall–Kier alpha value is -1.78. The predicted octanol–water partition coefficient (Wildman–Crippen LogP) is 3.83. The van der Waals surface area contributed by atoms with Gasteiger partial charge in [0.05, 0.1) is 12.5 Å². The van der Waals surface area contributed by atoms with Crippen LogP contribution in [0.15, 0.2) is 57.8 Å². The van der Waals surface area contributed by atoms with Gasteiger partial charge in [0.25, 0.3) is 0 Å². The van der Waals surface area contributed by atoms with Gasteiger partial charge in [-0.3, -0.25) is 0 Å². The van der Waals surface area contributed by atoms with Crippen molar-refractivity contribution in [3.05, 3.63) is 60.0 Å². The van der Waals surface area contributed by atoms with Gasteiger partial charge in [-0.2, -0.15) is 0 Å². The maximum atomic E-state index is 10.4. The Morgan fingerprint density at radius 1 is 1.15 bits per heavy atom. The zero-order valence-electron chi connectivity index (χ0n) is 11.1. The van der Waals surface area contributed by atoms with Crippen LogP contribution in [0, 0.1) is 0 Å². The van der Waals surface area contributed by atoms with E-state index in [1.807, 2.05) is 54.8 Å². The van der Waals surface area contributed by atoms with Gasteiger partial charge in [0.15, 0.2) is 11.5 Å². The standard InChI is InChI=1S/C16H15NO2S/c1-20-15-9-5-2-6-11(15)13(18)10-16-17-12-7-3-4-8-14(12)19-16/h2-9,13,18H,10H2,1H3. The fourth-order valence-electron chi connectivity index (χ4n) is 2.22. The molecule has 3 nitrogen and oxygen atoms in total. The van der Waals surface area contributed by atoms with Crippen molar-refractivity contribution in [3.63, 3.8) is 0 Å². The van der Waals surface area contributed by atoms with E-state index in [4.69, 9.17) is 4.42 Å². The number of benzene rings is 2. The van der Waals surface area contributed by atoms with E-state index < -0.39 is 6.10 Å². The summed E-state index contributed by atoms with van der Waals surface area (Å²) in [4.78, 5) is 5.48. The van der Waals surface area contributed by atoms with Gasteiger partial charge in [-0.05, 0) is 30.0 Å². The predicted molar refractivity (Wildman–Crippen MR) is 80.9 cm³/mol. The summed E-state index contributed by atoms with van der Waals surface area (Å²) in [6.45, 7) is 0. The third kappa shape index (κ3) is 2.57. The molecule has 0 saturated carbocycles. The van der Waals surface area contributed by atoms with Gasteiger partial charge in [-0.1, -0.05) is 30.3 Å². The largest absolute Gasteiger partial charge is 0.441 e. The van der Waals surface area contributed by atoms with Crippen molar-refractivity contribution in [2.24, 2.45) is 0 Å². The first kappa shape index (κ1) is 13.2. The summed E-state index contributed by atoms with van der Waals surface area (Å²) in [5.41, 5.74) is 2.50. The second-order valence-corrected chi connectivity index (χ2v) is 5.39. The highest BCUT2D eigenvalue weighted by Crippen LogP contribution is 2.28. The summed E-state index contributed by atoms with van der Waals surface area (Å²) in [5.74, 6) is 0.564. The highest BCUT2D eigenvalue weighted by Gasteiger charge is 2.16. The van der Waals surface area contributed by atoms with Crippen LogP contribution in [0.25, 0.3) is 11.1 Å². The van der Waals surface area contributed by atoms with Crippen LogP contribution < -0.4 is 0 Å². The van der Waals surface area contributed by atoms with Gasteiger partial charge < -0.3 is 9.52 Å². The number of hydrogen-bond acceptors (Lipinski definition) is 4. The lowest BCUT2D eigenvalue weighted by molar-refractivity contribution is 0.166. The van der Waals surface area contributed by atoms with Gasteiger partial charge in [-0.15, -0.1) is 11.8 Å². The van der Waals surface area contributed by atoms with E-state index in [0.29, 0.717) is 12.3 Å². The Morgan fingerprint density at radius 2 is 1.90 bits per heavy atom. The Labute approximate surface area is 121 Å². The molecule has 1 unspecified atom stereocenters. The molecular formula is C16H15NO2S. The Balaban J connectivity index is 1.86. The zero-order chi connectivity index (χ0) is 13.9. The normalized spacial score (nSPS) is 12.7. The molecule has 3 rings (SSSR count). The van der Waals surface area contributed by atoms with Crippen LogP contribution in [-0.4, -0.2) is 16.3 Å². The summed E-state index contributed by atoms with van der Waals surface area (Å²) in [5, 5.41) is 10.4. The molecule has 2 aromatic carbocycles. The Morgan fingerprint density at radius 3 is 2.70 bits per heavy atom. The molecule has 4 heteroatoms. The molecule has 0 aliphatic rings. The molecule has 0 radical (unpaired) electrons. The van der Waals surface area contributed by atoms with Gasteiger partial charge in [0.1, 0.15) is 5.52 Å². The lowest BCUT2D eigenvalue weighted by Crippen LogP contribution is -2.03. The number of aromatic nitrogens is 1. The molecule has 0 saturated heterocycles. The molecule has 1 aromatic heterocycles. The summed E-state index contributed by atoms with van der Waals surface area (Å²) in [6, 6.07) is 15.5. The zero-order valence-corrected chi connectivity index (χ0v) is 11.9. The average molecular weight is 285 g/mol. The number of aliphatic hydroxyl groups excluding tert-OH is 1. The second-order valence-electron chi connectivity index (χ2n) is 4.54. The van der Waals surface area contributed by atoms with Gasteiger partial charge in [0, 0.05) is 4.90 Å². The number of aliphatic hydroxyl groups is 1. The summed E-state index contributed by atoms with van der Waals surface area (Å²) in [7, 11) is 0. The van der Waals surface area contributed by atoms with Crippen LogP contribution in [0.2, 0.25) is 0 Å². The quantitative estimate of drug-likeness (QED) is 0.740. The van der Waals surface area contributed by atoms with E-state index in [-0.39, 0.29) is 0 Å². The fourth-order valence-corrected chi connectivity index (χ4v) is 2.88. The first-order valence-corrected chi connectivity index (χ1v) is 7.66. The molecule has 0 spiro atoms. The van der Waals surface area contributed by atoms with Crippen LogP contribution in [0.1, 0.15) is 17.6 Å². The Kier molecular flexibility index (Phi) is 3.76. The lowest BCUT2D eigenvalue weighted by atomic mass is 10.1. The van der Waals surface area contributed by atoms with E-state index in [0.717, 1.165) is 21.6 Å². The summed E-state index contributed by atoms with van der Waals surface area (Å²) in [6.07, 6.45) is 1.78. The number of hydrogen-bond donors (Lipinski definition) is 1. The average Bonchev–Trinajstić information content (AvgIpc) is 2.89. The molecule has 0 fully saturated rings. The van der Waals surface area contributed by atoms with Crippen molar-refractivity contribution in [1.82, 2.24) is 4.98 Å². The van der Waals surface area contributed by atoms with Crippen molar-refractivity contribution < 1.29 is 9.52 Å². The van der Waals surface area contributed by atoms with Crippen molar-refractivity contribution >= 4 is 22.9 Å².